The largest absolute Gasteiger partial charge is 0.396 e. The predicted molar refractivity (Wildman–Crippen MR) is 277 cm³/mol. The van der Waals surface area contributed by atoms with E-state index in [0.29, 0.717) is 11.8 Å². The highest BCUT2D eigenvalue weighted by Crippen LogP contribution is 1.99. The zero-order valence-electron chi connectivity index (χ0n) is 37.5. The molecule has 0 aromatic heterocycles. The average molecular weight is 855 g/mol. The van der Waals surface area contributed by atoms with E-state index in [9.17, 15) is 0 Å². The van der Waals surface area contributed by atoms with Gasteiger partial charge in [0, 0.05) is 243 Å². The Hall–Kier alpha value is -13.1. The molecule has 0 bridgehead atoms. The maximum atomic E-state index is 8.60. The Kier molecular flexibility index (Phi) is 46.2. The van der Waals surface area contributed by atoms with E-state index in [1.165, 1.54) is 0 Å². The molecule has 0 saturated heterocycles. The van der Waals surface area contributed by atoms with Crippen molar-refractivity contribution in [3.8, 4) is 343 Å². The molecule has 1 unspecified atom stereocenters. The van der Waals surface area contributed by atoms with Gasteiger partial charge in [0.1, 0.15) is 0 Å². The van der Waals surface area contributed by atoms with Gasteiger partial charge in [-0.25, -0.2) is 0 Å². The molecule has 0 aliphatic rings. The van der Waals surface area contributed by atoms with Gasteiger partial charge in [0.15, 0.2) is 0 Å². The van der Waals surface area contributed by atoms with Crippen LogP contribution in [0.3, 0.4) is 0 Å². The minimum atomic E-state index is 0.253. The Morgan fingerprint density at radius 1 is 0.217 bits per heavy atom. The van der Waals surface area contributed by atoms with Crippen molar-refractivity contribution in [1.82, 2.24) is 0 Å². The molecular weight excluding hydrogens is 833 g/mol. The highest BCUT2D eigenvalue weighted by Gasteiger charge is 1.91. The highest BCUT2D eigenvalue weighted by atomic mass is 16.3. The van der Waals surface area contributed by atoms with Crippen molar-refractivity contribution in [2.45, 2.75) is 34.6 Å². The summed E-state index contributed by atoms with van der Waals surface area (Å²) in [5.74, 6) is 147. The molecule has 0 spiro atoms. The van der Waals surface area contributed by atoms with E-state index in [-0.39, 0.29) is 6.61 Å². The highest BCUT2D eigenvalue weighted by molar-refractivity contribution is 5.52. The van der Waals surface area contributed by atoms with Crippen LogP contribution in [0.2, 0.25) is 0 Å². The molecule has 1 atom stereocenters. The summed E-state index contributed by atoms with van der Waals surface area (Å²) in [6, 6.07) is 0. The second kappa shape index (κ2) is 54.9. The summed E-state index contributed by atoms with van der Waals surface area (Å²) < 4.78 is 0. The number of aliphatic hydroxyl groups is 1. The van der Waals surface area contributed by atoms with Crippen LogP contribution in [0.25, 0.3) is 0 Å². The fourth-order valence-electron chi connectivity index (χ4n) is 2.29. The fraction of sp³-hybridized carbons (Fsp3) is 0.118. The Labute approximate surface area is 411 Å². The Morgan fingerprint density at radius 3 is 0.420 bits per heavy atom. The van der Waals surface area contributed by atoms with Gasteiger partial charge < -0.3 is 5.11 Å². The Bertz CT molecular complexity index is 3750. The molecule has 0 amide bonds. The minimum absolute atomic E-state index is 0.253. The summed E-state index contributed by atoms with van der Waals surface area (Å²) in [7, 11) is 0. The summed E-state index contributed by atoms with van der Waals surface area (Å²) in [5, 5.41) is 8.60. The van der Waals surface area contributed by atoms with E-state index < -0.39 is 0 Å². The molecule has 0 heterocycles. The molecule has 0 fully saturated rings. The summed E-state index contributed by atoms with van der Waals surface area (Å²) >= 11 is 0. The van der Waals surface area contributed by atoms with Gasteiger partial charge in [-0.05, 0) is 120 Å². The smallest absolute Gasteiger partial charge is 0.0491 e. The zero-order valence-corrected chi connectivity index (χ0v) is 37.5. The zero-order chi connectivity index (χ0) is 50.3. The van der Waals surface area contributed by atoms with Gasteiger partial charge in [0.2, 0.25) is 0 Å². The van der Waals surface area contributed by atoms with Crippen molar-refractivity contribution in [2.24, 2.45) is 11.8 Å². The van der Waals surface area contributed by atoms with Gasteiger partial charge in [-0.15, -0.1) is 0 Å². The third kappa shape index (κ3) is 59.3. The average Bonchev–Trinajstić information content (AvgIpc) is 3.35. The van der Waals surface area contributed by atoms with E-state index in [2.05, 4.69) is 363 Å². The second-order valence-electron chi connectivity index (χ2n) is 10.3. The third-order valence-electron chi connectivity index (χ3n) is 4.80. The number of allylic oxidation sites excluding steroid dienone is 1. The van der Waals surface area contributed by atoms with Gasteiger partial charge in [-0.2, -0.15) is 0 Å². The van der Waals surface area contributed by atoms with Crippen molar-refractivity contribution < 1.29 is 5.11 Å². The quantitative estimate of drug-likeness (QED) is 0.343. The summed E-state index contributed by atoms with van der Waals surface area (Å²) in [5.41, 5.74) is 0. The first-order chi connectivity index (χ1) is 34.1. The van der Waals surface area contributed by atoms with Crippen LogP contribution in [0.5, 0.6) is 0 Å². The molecule has 0 rings (SSSR count). The second-order valence-corrected chi connectivity index (χ2v) is 10.3. The lowest BCUT2D eigenvalue weighted by Gasteiger charge is -1.99. The molecule has 0 aliphatic heterocycles. The molecular formula is C68H22O. The topological polar surface area (TPSA) is 20.2 Å². The minimum Gasteiger partial charge on any atom is -0.396 e. The Balaban J connectivity index is 0. The number of aliphatic hydroxyl groups excluding tert-OH is 1. The monoisotopic (exact) mass is 854 g/mol. The van der Waals surface area contributed by atoms with Gasteiger partial charge in [0.25, 0.3) is 0 Å². The van der Waals surface area contributed by atoms with Crippen molar-refractivity contribution >= 4 is 0 Å². The fourth-order valence-corrected chi connectivity index (χ4v) is 2.29. The van der Waals surface area contributed by atoms with Crippen LogP contribution in [0, 0.1) is 355 Å². The van der Waals surface area contributed by atoms with Crippen molar-refractivity contribution in [1.29, 1.82) is 0 Å². The number of hydrogen-bond donors (Lipinski definition) is 1. The lowest BCUT2D eigenvalue weighted by Crippen LogP contribution is -1.95. The van der Waals surface area contributed by atoms with Crippen LogP contribution < -0.4 is 0 Å². The van der Waals surface area contributed by atoms with E-state index in [1.54, 1.807) is 13.8 Å². The van der Waals surface area contributed by atoms with Crippen molar-refractivity contribution in [2.75, 3.05) is 6.61 Å². The van der Waals surface area contributed by atoms with E-state index in [1.807, 2.05) is 13.0 Å². The van der Waals surface area contributed by atoms with E-state index >= 15 is 0 Å². The molecule has 69 heavy (non-hydrogen) atoms. The molecule has 0 saturated carbocycles. The first kappa shape index (κ1) is 58.0. The molecule has 0 aromatic rings. The van der Waals surface area contributed by atoms with Gasteiger partial charge in [-0.1, -0.05) is 44.8 Å². The molecule has 0 radical (unpaired) electrons. The SMILES string of the molecule is CC#CC#CC#CC#CC#CC#CC#CC#CC#CC#CC#CC#CC#CC#CC#CC#CC#CC#CC#CC#CC#CC#CC#CC#CC#CC#CC#CC#CC#CC.CC(C)/C=C\C(C)CO. The van der Waals surface area contributed by atoms with Crippen LogP contribution in [0.1, 0.15) is 34.6 Å². The van der Waals surface area contributed by atoms with Crippen LogP contribution >= 0.6 is 0 Å². The number of hydrogen-bond acceptors (Lipinski definition) is 1. The van der Waals surface area contributed by atoms with E-state index in [0.717, 1.165) is 0 Å². The van der Waals surface area contributed by atoms with Crippen molar-refractivity contribution in [3.63, 3.8) is 0 Å². The Morgan fingerprint density at radius 2 is 0.333 bits per heavy atom. The summed E-state index contributed by atoms with van der Waals surface area (Å²) in [4.78, 5) is 0. The van der Waals surface area contributed by atoms with Gasteiger partial charge in [0.05, 0.1) is 0 Å². The van der Waals surface area contributed by atoms with Gasteiger partial charge >= 0.3 is 0 Å². The molecule has 1 heteroatoms. The van der Waals surface area contributed by atoms with Gasteiger partial charge in [-0.3, -0.25) is 0 Å². The summed E-state index contributed by atoms with van der Waals surface area (Å²) in [6.45, 7) is 9.88. The van der Waals surface area contributed by atoms with E-state index in [4.69, 9.17) is 5.11 Å². The molecule has 1 N–H and O–H groups in total. The first-order valence-corrected chi connectivity index (χ1v) is 18.7. The lowest BCUT2D eigenvalue weighted by molar-refractivity contribution is 0.261. The van der Waals surface area contributed by atoms with Crippen LogP contribution in [0.4, 0.5) is 0 Å². The standard InChI is InChI=1S/C60H6.C8H16O/c1-3-5-7-9-11-13-15-17-19-21-23-25-27-29-31-33-35-37-39-41-43-45-47-49-51-53-55-57-59-60-58-56-54-52-50-48-46-44-42-40-38-36-34-32-30-28-26-24-22-20-18-16-14-12-10-8-6-4-2;1-7(2)4-5-8(3)6-9/h1-2H3;4-5,7-9H,6H2,1-3H3/b;5-4-. The van der Waals surface area contributed by atoms with Crippen LogP contribution in [0.15, 0.2) is 12.2 Å². The molecule has 300 valence electrons. The number of rotatable bonds is 3. The van der Waals surface area contributed by atoms with Crippen molar-refractivity contribution in [3.05, 3.63) is 12.2 Å². The maximum absolute atomic E-state index is 8.60. The van der Waals surface area contributed by atoms with Crippen LogP contribution in [-0.2, 0) is 0 Å². The maximum Gasteiger partial charge on any atom is 0.0491 e. The molecule has 0 aliphatic carbocycles. The normalized spacial score (nSPS) is 5.43. The molecule has 1 nitrogen and oxygen atoms in total. The summed E-state index contributed by atoms with van der Waals surface area (Å²) in [6.07, 6.45) is 4.16. The third-order valence-corrected chi connectivity index (χ3v) is 4.80. The van der Waals surface area contributed by atoms with Crippen LogP contribution in [-0.4, -0.2) is 11.7 Å². The predicted octanol–water partition coefficient (Wildman–Crippen LogP) is 2.95. The first-order valence-electron chi connectivity index (χ1n) is 18.7. The lowest BCUT2D eigenvalue weighted by atomic mass is 10.1. The molecule has 0 aromatic carbocycles.